The predicted molar refractivity (Wildman–Crippen MR) is 62.2 cm³/mol. The van der Waals surface area contributed by atoms with Crippen molar-refractivity contribution in [1.29, 1.82) is 0 Å². The van der Waals surface area contributed by atoms with Crippen molar-refractivity contribution in [3.8, 4) is 5.75 Å². The molecule has 92 valence electrons. The van der Waals surface area contributed by atoms with Crippen LogP contribution in [0, 0.1) is 5.92 Å². The maximum atomic E-state index is 11.8. The van der Waals surface area contributed by atoms with Crippen molar-refractivity contribution in [3.05, 3.63) is 29.3 Å². The van der Waals surface area contributed by atoms with Crippen LogP contribution in [0.3, 0.4) is 0 Å². The molecule has 4 heteroatoms. The molecular formula is C13H16O4. The average Bonchev–Trinajstić information content (AvgIpc) is 2.62. The van der Waals surface area contributed by atoms with Crippen LogP contribution >= 0.6 is 0 Å². The first-order valence-corrected chi connectivity index (χ1v) is 5.70. The quantitative estimate of drug-likeness (QED) is 0.811. The number of carbonyl (C=O) groups excluding carboxylic acids is 1. The fourth-order valence-corrected chi connectivity index (χ4v) is 1.99. The van der Waals surface area contributed by atoms with Gasteiger partial charge in [0.05, 0.1) is 6.61 Å². The lowest BCUT2D eigenvalue weighted by Crippen LogP contribution is -2.21. The molecule has 0 fully saturated rings. The summed E-state index contributed by atoms with van der Waals surface area (Å²) >= 11 is 0. The molecule has 2 N–H and O–H groups in total. The van der Waals surface area contributed by atoms with Gasteiger partial charge in [0.15, 0.2) is 5.78 Å². The van der Waals surface area contributed by atoms with Crippen LogP contribution in [0.2, 0.25) is 0 Å². The molecule has 1 aliphatic carbocycles. The molecule has 0 unspecified atom stereocenters. The van der Waals surface area contributed by atoms with Crippen molar-refractivity contribution in [1.82, 2.24) is 0 Å². The molecule has 4 nitrogen and oxygen atoms in total. The Kier molecular flexibility index (Phi) is 3.45. The number of rotatable bonds is 4. The van der Waals surface area contributed by atoms with E-state index in [1.165, 1.54) is 0 Å². The Morgan fingerprint density at radius 1 is 1.53 bits per heavy atom. The van der Waals surface area contributed by atoms with Crippen molar-refractivity contribution in [2.75, 3.05) is 13.2 Å². The fraction of sp³-hybridized carbons (Fsp3) is 0.462. The number of aliphatic hydroxyl groups is 2. The number of Topliss-reactive ketones (excluding diaryl/α,β-unsaturated/α-hetero) is 1. The Morgan fingerprint density at radius 3 is 3.00 bits per heavy atom. The maximum Gasteiger partial charge on any atom is 0.166 e. The molecule has 1 aromatic rings. The van der Waals surface area contributed by atoms with Gasteiger partial charge in [0.2, 0.25) is 0 Å². The molecule has 0 bridgehead atoms. The number of ether oxygens (including phenoxy) is 1. The Labute approximate surface area is 99.8 Å². The van der Waals surface area contributed by atoms with Gasteiger partial charge in [0.1, 0.15) is 18.5 Å². The summed E-state index contributed by atoms with van der Waals surface area (Å²) in [6, 6.07) is 5.39. The number of hydrogen-bond acceptors (Lipinski definition) is 4. The van der Waals surface area contributed by atoms with E-state index < -0.39 is 6.10 Å². The molecule has 0 spiro atoms. The number of carbonyl (C=O) groups is 1. The first-order chi connectivity index (χ1) is 8.11. The molecule has 2 rings (SSSR count). The van der Waals surface area contributed by atoms with Crippen LogP contribution in [0.15, 0.2) is 18.2 Å². The summed E-state index contributed by atoms with van der Waals surface area (Å²) < 4.78 is 5.31. The van der Waals surface area contributed by atoms with Gasteiger partial charge in [-0.15, -0.1) is 0 Å². The normalized spacial score (nSPS) is 20.2. The van der Waals surface area contributed by atoms with Crippen LogP contribution in [0.4, 0.5) is 0 Å². The third kappa shape index (κ3) is 2.48. The summed E-state index contributed by atoms with van der Waals surface area (Å²) in [6.07, 6.45) is -0.105. The van der Waals surface area contributed by atoms with Gasteiger partial charge >= 0.3 is 0 Å². The molecule has 0 radical (unpaired) electrons. The molecule has 0 saturated heterocycles. The van der Waals surface area contributed by atoms with Gasteiger partial charge in [-0.3, -0.25) is 4.79 Å². The summed E-state index contributed by atoms with van der Waals surface area (Å²) in [7, 11) is 0. The maximum absolute atomic E-state index is 11.8. The number of benzene rings is 1. The van der Waals surface area contributed by atoms with E-state index in [-0.39, 0.29) is 24.9 Å². The van der Waals surface area contributed by atoms with Crippen LogP contribution in [0.1, 0.15) is 22.8 Å². The van der Waals surface area contributed by atoms with Crippen molar-refractivity contribution in [2.24, 2.45) is 5.92 Å². The minimum Gasteiger partial charge on any atom is -0.491 e. The summed E-state index contributed by atoms with van der Waals surface area (Å²) in [5.74, 6) is 0.745. The van der Waals surface area contributed by atoms with E-state index >= 15 is 0 Å². The lowest BCUT2D eigenvalue weighted by Gasteiger charge is -2.10. The zero-order valence-corrected chi connectivity index (χ0v) is 9.72. The second-order valence-corrected chi connectivity index (χ2v) is 4.44. The number of aliphatic hydroxyl groups excluding tert-OH is 2. The molecule has 0 aromatic heterocycles. The van der Waals surface area contributed by atoms with E-state index in [1.54, 1.807) is 12.1 Å². The summed E-state index contributed by atoms with van der Waals surface area (Å²) in [6.45, 7) is 1.61. The topological polar surface area (TPSA) is 66.8 Å². The SMILES string of the molecule is C[C@@H]1Cc2ccc(OC[C@@H](O)CO)cc2C1=O. The largest absolute Gasteiger partial charge is 0.491 e. The number of fused-ring (bicyclic) bond motifs is 1. The van der Waals surface area contributed by atoms with E-state index in [9.17, 15) is 4.79 Å². The van der Waals surface area contributed by atoms with Crippen LogP contribution in [-0.2, 0) is 6.42 Å². The summed E-state index contributed by atoms with van der Waals surface area (Å²) in [5.41, 5.74) is 1.77. The predicted octanol–water partition coefficient (Wildman–Crippen LogP) is 0.794. The molecular weight excluding hydrogens is 220 g/mol. The minimum atomic E-state index is -0.891. The molecule has 1 aromatic carbocycles. The highest BCUT2D eigenvalue weighted by Gasteiger charge is 2.27. The molecule has 0 aliphatic heterocycles. The van der Waals surface area contributed by atoms with E-state index in [1.807, 2.05) is 13.0 Å². The van der Waals surface area contributed by atoms with Gasteiger partial charge in [-0.1, -0.05) is 13.0 Å². The minimum absolute atomic E-state index is 0.0268. The average molecular weight is 236 g/mol. The van der Waals surface area contributed by atoms with E-state index in [0.717, 1.165) is 12.0 Å². The van der Waals surface area contributed by atoms with Gasteiger partial charge < -0.3 is 14.9 Å². The van der Waals surface area contributed by atoms with Gasteiger partial charge in [-0.2, -0.15) is 0 Å². The molecule has 17 heavy (non-hydrogen) atoms. The van der Waals surface area contributed by atoms with Crippen molar-refractivity contribution < 1.29 is 19.7 Å². The zero-order chi connectivity index (χ0) is 12.4. The molecule has 0 amide bonds. The monoisotopic (exact) mass is 236 g/mol. The number of hydrogen-bond donors (Lipinski definition) is 2. The summed E-state index contributed by atoms with van der Waals surface area (Å²) in [5, 5.41) is 17.8. The first-order valence-electron chi connectivity index (χ1n) is 5.70. The Morgan fingerprint density at radius 2 is 2.29 bits per heavy atom. The van der Waals surface area contributed by atoms with Crippen molar-refractivity contribution in [3.63, 3.8) is 0 Å². The highest BCUT2D eigenvalue weighted by atomic mass is 16.5. The lowest BCUT2D eigenvalue weighted by atomic mass is 10.1. The van der Waals surface area contributed by atoms with Gasteiger partial charge in [-0.05, 0) is 24.1 Å². The third-order valence-corrected chi connectivity index (χ3v) is 2.97. The van der Waals surface area contributed by atoms with Gasteiger partial charge in [0.25, 0.3) is 0 Å². The fourth-order valence-electron chi connectivity index (χ4n) is 1.99. The Hall–Kier alpha value is -1.39. The molecule has 0 heterocycles. The summed E-state index contributed by atoms with van der Waals surface area (Å²) in [4.78, 5) is 11.8. The van der Waals surface area contributed by atoms with Crippen LogP contribution in [-0.4, -0.2) is 35.3 Å². The van der Waals surface area contributed by atoms with E-state index in [0.29, 0.717) is 11.3 Å². The van der Waals surface area contributed by atoms with Crippen molar-refractivity contribution >= 4 is 5.78 Å². The lowest BCUT2D eigenvalue weighted by molar-refractivity contribution is 0.0536. The van der Waals surface area contributed by atoms with Crippen LogP contribution in [0.5, 0.6) is 5.75 Å². The first kappa shape index (κ1) is 12.1. The molecule has 1 aliphatic rings. The van der Waals surface area contributed by atoms with E-state index in [4.69, 9.17) is 14.9 Å². The number of ketones is 1. The zero-order valence-electron chi connectivity index (χ0n) is 9.72. The third-order valence-electron chi connectivity index (χ3n) is 2.97. The van der Waals surface area contributed by atoms with Crippen molar-refractivity contribution in [2.45, 2.75) is 19.4 Å². The van der Waals surface area contributed by atoms with Crippen LogP contribution in [0.25, 0.3) is 0 Å². The molecule has 0 saturated carbocycles. The van der Waals surface area contributed by atoms with Gasteiger partial charge in [0, 0.05) is 11.5 Å². The second kappa shape index (κ2) is 4.85. The highest BCUT2D eigenvalue weighted by molar-refractivity contribution is 6.02. The van der Waals surface area contributed by atoms with Crippen LogP contribution < -0.4 is 4.74 Å². The highest BCUT2D eigenvalue weighted by Crippen LogP contribution is 2.29. The van der Waals surface area contributed by atoms with Gasteiger partial charge in [-0.25, -0.2) is 0 Å². The smallest absolute Gasteiger partial charge is 0.166 e. The Balaban J connectivity index is 2.10. The molecule has 2 atom stereocenters. The Bertz CT molecular complexity index is 427. The van der Waals surface area contributed by atoms with E-state index in [2.05, 4.69) is 0 Å². The second-order valence-electron chi connectivity index (χ2n) is 4.44. The standard InChI is InChI=1S/C13H16O4/c1-8-4-9-2-3-11(5-12(9)13(8)16)17-7-10(15)6-14/h2-3,5,8,10,14-15H,4,6-7H2,1H3/t8-,10+/m1/s1.